The Hall–Kier alpha value is -7.21. The molecule has 11 aromatic rings. The smallest absolute Gasteiger partial charge is 0.164 e. The standard InChI is InChI=1S/C51H31N3OS/c1-3-14-32(15-4-1)34-18-11-19-35(30-34)50-52-49(33-16-5-2-6-17-33)53-51(54-50)36-28-29-42-46(31-36)56-45-27-13-24-40(48(42)45)38-21-8-7-20-37(38)39-23-12-26-44-47(39)41-22-9-10-25-43(41)55-44/h1-31H. The Kier molecular flexibility index (Phi) is 7.64. The van der Waals surface area contributed by atoms with Crippen LogP contribution >= 0.6 is 11.3 Å². The number of hydrogen-bond acceptors (Lipinski definition) is 5. The van der Waals surface area contributed by atoms with Gasteiger partial charge >= 0.3 is 0 Å². The van der Waals surface area contributed by atoms with Gasteiger partial charge < -0.3 is 4.42 Å². The summed E-state index contributed by atoms with van der Waals surface area (Å²) in [4.78, 5) is 15.2. The van der Waals surface area contributed by atoms with Crippen molar-refractivity contribution in [2.75, 3.05) is 0 Å². The SMILES string of the molecule is c1ccc(-c2cccc(-c3nc(-c4ccccc4)nc(-c4ccc5c(c4)sc4cccc(-c6ccccc6-c6cccc7oc8ccccc8c67)c45)n3)c2)cc1. The molecule has 3 aromatic heterocycles. The van der Waals surface area contributed by atoms with Gasteiger partial charge in [-0.15, -0.1) is 11.3 Å². The van der Waals surface area contributed by atoms with Crippen molar-refractivity contribution >= 4 is 53.4 Å². The third-order valence-corrected chi connectivity index (χ3v) is 11.7. The van der Waals surface area contributed by atoms with Gasteiger partial charge in [0.25, 0.3) is 0 Å². The zero-order valence-corrected chi connectivity index (χ0v) is 30.9. The summed E-state index contributed by atoms with van der Waals surface area (Å²) < 4.78 is 8.71. The highest BCUT2D eigenvalue weighted by molar-refractivity contribution is 7.26. The van der Waals surface area contributed by atoms with E-state index < -0.39 is 0 Å². The van der Waals surface area contributed by atoms with E-state index in [1.807, 2.05) is 48.5 Å². The van der Waals surface area contributed by atoms with Crippen molar-refractivity contribution in [3.63, 3.8) is 0 Å². The zero-order chi connectivity index (χ0) is 37.0. The summed E-state index contributed by atoms with van der Waals surface area (Å²) in [5, 5.41) is 4.72. The van der Waals surface area contributed by atoms with Gasteiger partial charge in [0.2, 0.25) is 0 Å². The number of furan rings is 1. The Morgan fingerprint density at radius 1 is 0.321 bits per heavy atom. The molecule has 0 radical (unpaired) electrons. The second-order valence-corrected chi connectivity index (χ2v) is 15.0. The van der Waals surface area contributed by atoms with Gasteiger partial charge in [0, 0.05) is 47.6 Å². The molecule has 3 heterocycles. The fourth-order valence-corrected chi connectivity index (χ4v) is 9.13. The number of rotatable bonds is 6. The molecule has 0 atom stereocenters. The lowest BCUT2D eigenvalue weighted by Crippen LogP contribution is -2.00. The second-order valence-electron chi connectivity index (χ2n) is 13.9. The third-order valence-electron chi connectivity index (χ3n) is 10.6. The van der Waals surface area contributed by atoms with E-state index >= 15 is 0 Å². The maximum absolute atomic E-state index is 6.30. The van der Waals surface area contributed by atoms with Crippen LogP contribution in [0.2, 0.25) is 0 Å². The number of thiophene rings is 1. The molecule has 0 aliphatic carbocycles. The molecule has 0 saturated heterocycles. The summed E-state index contributed by atoms with van der Waals surface area (Å²) in [5.74, 6) is 1.93. The number of para-hydroxylation sites is 1. The first kappa shape index (κ1) is 32.2. The molecule has 0 saturated carbocycles. The lowest BCUT2D eigenvalue weighted by molar-refractivity contribution is 0.669. The van der Waals surface area contributed by atoms with Gasteiger partial charge in [-0.3, -0.25) is 0 Å². The molecule has 262 valence electrons. The predicted molar refractivity (Wildman–Crippen MR) is 233 cm³/mol. The van der Waals surface area contributed by atoms with Crippen LogP contribution in [0.4, 0.5) is 0 Å². The second kappa shape index (κ2) is 13.3. The van der Waals surface area contributed by atoms with Crippen LogP contribution in [0.3, 0.4) is 0 Å². The minimum absolute atomic E-state index is 0.641. The summed E-state index contributed by atoms with van der Waals surface area (Å²) in [7, 11) is 0. The van der Waals surface area contributed by atoms with Gasteiger partial charge in [0.15, 0.2) is 17.5 Å². The molecule has 0 unspecified atom stereocenters. The maximum Gasteiger partial charge on any atom is 0.164 e. The van der Waals surface area contributed by atoms with E-state index in [0.717, 1.165) is 55.3 Å². The summed E-state index contributed by atoms with van der Waals surface area (Å²) in [6.45, 7) is 0. The van der Waals surface area contributed by atoms with Gasteiger partial charge in [0.05, 0.1) is 0 Å². The first-order valence-corrected chi connectivity index (χ1v) is 19.5. The molecule has 0 fully saturated rings. The van der Waals surface area contributed by atoms with Crippen molar-refractivity contribution in [1.29, 1.82) is 0 Å². The number of benzene rings is 8. The fraction of sp³-hybridized carbons (Fsp3) is 0. The number of nitrogens with zero attached hydrogens (tertiary/aromatic N) is 3. The van der Waals surface area contributed by atoms with Gasteiger partial charge in [-0.05, 0) is 63.7 Å². The minimum atomic E-state index is 0.641. The number of aromatic nitrogens is 3. The maximum atomic E-state index is 6.30. The van der Waals surface area contributed by atoms with E-state index in [-0.39, 0.29) is 0 Å². The molecule has 0 amide bonds. The number of hydrogen-bond donors (Lipinski definition) is 0. The molecule has 0 bridgehead atoms. The highest BCUT2D eigenvalue weighted by Gasteiger charge is 2.19. The highest BCUT2D eigenvalue weighted by atomic mass is 32.1. The van der Waals surface area contributed by atoms with Crippen LogP contribution in [0.15, 0.2) is 192 Å². The van der Waals surface area contributed by atoms with E-state index in [4.69, 9.17) is 19.4 Å². The van der Waals surface area contributed by atoms with Crippen molar-refractivity contribution in [2.45, 2.75) is 0 Å². The van der Waals surface area contributed by atoms with Crippen LogP contribution in [0.5, 0.6) is 0 Å². The van der Waals surface area contributed by atoms with E-state index in [9.17, 15) is 0 Å². The molecular weight excluding hydrogens is 703 g/mol. The average Bonchev–Trinajstić information content (AvgIpc) is 3.85. The summed E-state index contributed by atoms with van der Waals surface area (Å²) >= 11 is 1.80. The fourth-order valence-electron chi connectivity index (χ4n) is 7.96. The Bertz CT molecular complexity index is 3260. The molecule has 0 N–H and O–H groups in total. The van der Waals surface area contributed by atoms with Crippen molar-refractivity contribution in [2.24, 2.45) is 0 Å². The van der Waals surface area contributed by atoms with E-state index in [1.54, 1.807) is 11.3 Å². The molecule has 0 spiro atoms. The molecule has 4 nitrogen and oxygen atoms in total. The zero-order valence-electron chi connectivity index (χ0n) is 30.1. The van der Waals surface area contributed by atoms with Crippen LogP contribution in [0, 0.1) is 0 Å². The molecule has 0 aliphatic heterocycles. The molecule has 8 aromatic carbocycles. The van der Waals surface area contributed by atoms with E-state index in [2.05, 4.69) is 140 Å². The quantitative estimate of drug-likeness (QED) is 0.171. The van der Waals surface area contributed by atoms with Crippen LogP contribution in [0.1, 0.15) is 0 Å². The lowest BCUT2D eigenvalue weighted by atomic mass is 9.90. The monoisotopic (exact) mass is 733 g/mol. The van der Waals surface area contributed by atoms with Crippen molar-refractivity contribution in [3.05, 3.63) is 188 Å². The van der Waals surface area contributed by atoms with E-state index in [1.165, 1.54) is 36.9 Å². The topological polar surface area (TPSA) is 51.8 Å². The van der Waals surface area contributed by atoms with Gasteiger partial charge in [-0.25, -0.2) is 15.0 Å². The summed E-state index contributed by atoms with van der Waals surface area (Å²) in [6, 6.07) is 65.7. The first-order valence-electron chi connectivity index (χ1n) is 18.7. The van der Waals surface area contributed by atoms with Gasteiger partial charge in [-0.1, -0.05) is 158 Å². The predicted octanol–water partition coefficient (Wildman–Crippen LogP) is 14.1. The molecule has 5 heteroatoms. The molecule has 11 rings (SSSR count). The largest absolute Gasteiger partial charge is 0.456 e. The molecule has 0 aliphatic rings. The van der Waals surface area contributed by atoms with Gasteiger partial charge in [-0.2, -0.15) is 0 Å². The highest BCUT2D eigenvalue weighted by Crippen LogP contribution is 2.46. The third kappa shape index (κ3) is 5.48. The van der Waals surface area contributed by atoms with Crippen molar-refractivity contribution < 1.29 is 4.42 Å². The summed E-state index contributed by atoms with van der Waals surface area (Å²) in [5.41, 5.74) is 11.6. The van der Waals surface area contributed by atoms with Crippen LogP contribution in [-0.2, 0) is 0 Å². The van der Waals surface area contributed by atoms with Crippen LogP contribution < -0.4 is 0 Å². The number of fused-ring (bicyclic) bond motifs is 6. The first-order chi connectivity index (χ1) is 27.7. The van der Waals surface area contributed by atoms with E-state index in [0.29, 0.717) is 17.5 Å². The lowest BCUT2D eigenvalue weighted by Gasteiger charge is -2.13. The Balaban J connectivity index is 1.06. The molecular formula is C51H31N3OS. The Morgan fingerprint density at radius 2 is 0.857 bits per heavy atom. The van der Waals surface area contributed by atoms with Crippen molar-refractivity contribution in [1.82, 2.24) is 15.0 Å². The van der Waals surface area contributed by atoms with Crippen LogP contribution in [-0.4, -0.2) is 15.0 Å². The van der Waals surface area contributed by atoms with Crippen molar-refractivity contribution in [3.8, 4) is 67.5 Å². The molecule has 56 heavy (non-hydrogen) atoms. The van der Waals surface area contributed by atoms with Gasteiger partial charge in [0.1, 0.15) is 11.2 Å². The van der Waals surface area contributed by atoms with Crippen LogP contribution in [0.25, 0.3) is 110 Å². The Morgan fingerprint density at radius 3 is 1.62 bits per heavy atom. The normalized spacial score (nSPS) is 11.6. The average molecular weight is 734 g/mol. The summed E-state index contributed by atoms with van der Waals surface area (Å²) in [6.07, 6.45) is 0. The minimum Gasteiger partial charge on any atom is -0.456 e. The Labute approximate surface area is 327 Å².